The first kappa shape index (κ1) is 62.7. The Bertz CT molecular complexity index is 2940. The Morgan fingerprint density at radius 2 is 0.321 bits per heavy atom. The molecular weight excluding hydrogens is 1370 g/mol. The van der Waals surface area contributed by atoms with Gasteiger partial charge in [-0.15, -0.1) is 21.9 Å². The number of hydrogen-bond donors (Lipinski definition) is 0. The molecule has 0 aliphatic heterocycles. The summed E-state index contributed by atoms with van der Waals surface area (Å²) in [7, 11) is -10.7. The zero-order valence-corrected chi connectivity index (χ0v) is 42.4. The quantitative estimate of drug-likeness (QED) is 0.0357. The average Bonchev–Trinajstić information content (AvgIpc) is 3.39. The van der Waals surface area contributed by atoms with Gasteiger partial charge in [-0.05, 0) is 48.5 Å². The number of benzene rings is 8. The molecule has 8 aromatic carbocycles. The first-order valence-corrected chi connectivity index (χ1v) is 26.7. The van der Waals surface area contributed by atoms with Crippen molar-refractivity contribution in [1.29, 1.82) is 0 Å². The molecule has 0 bridgehead atoms. The molecule has 0 aromatic heterocycles. The third-order valence-electron chi connectivity index (χ3n) is 10.1. The van der Waals surface area contributed by atoms with E-state index >= 15 is 35.1 Å². The van der Waals surface area contributed by atoms with Gasteiger partial charge in [0.15, 0.2) is 84.1 Å². The van der Waals surface area contributed by atoms with Crippen LogP contribution in [0.5, 0.6) is 0 Å². The standard InChI is InChI=1S/C24BF20.2C12H10I.F6P/c26-5-1(6(27)14(35)21(42)13(5)34)25(2-7(28)15(36)22(43)16(37)8(2)29,3-9(30)17(38)23(44)18(39)10(3)31)4-11(32)19(40)24(45)20(41)12(4)33;2*1-3-7-11(8-4-1)13-12-9-5-2-6-10-12;1-7(2,3,4,5)6/h;2*1-10H;/q-1;2*+1;-1. The minimum Gasteiger partial charge on any atom is -0.207 e. The molecule has 0 atom stereocenters. The molecule has 0 radical (unpaired) electrons. The predicted molar refractivity (Wildman–Crippen MR) is 223 cm³/mol. The van der Waals surface area contributed by atoms with Crippen LogP contribution in [0.4, 0.5) is 113 Å². The van der Waals surface area contributed by atoms with Crippen LogP contribution < -0.4 is 64.3 Å². The first-order chi connectivity index (χ1) is 36.1. The molecule has 0 heterocycles. The molecule has 0 amide bonds. The van der Waals surface area contributed by atoms with Crippen LogP contribution in [0.2, 0.25) is 0 Å². The average molecular weight is 1390 g/mol. The van der Waals surface area contributed by atoms with E-state index in [-0.39, 0.29) is 42.4 Å². The molecule has 8 rings (SSSR count). The van der Waals surface area contributed by atoms with Crippen molar-refractivity contribution < 1.29 is 155 Å². The van der Waals surface area contributed by atoms with Crippen LogP contribution in [0.3, 0.4) is 0 Å². The second-order valence-electron chi connectivity index (χ2n) is 15.1. The fourth-order valence-electron chi connectivity index (χ4n) is 7.04. The van der Waals surface area contributed by atoms with Crippen LogP contribution >= 0.6 is 7.81 Å². The molecular formula is C48H20BF26I2P. The van der Waals surface area contributed by atoms with Gasteiger partial charge in [-0.2, -0.15) is 0 Å². The van der Waals surface area contributed by atoms with Gasteiger partial charge in [0.25, 0.3) is 0 Å². The van der Waals surface area contributed by atoms with Crippen molar-refractivity contribution in [1.82, 2.24) is 0 Å². The van der Waals surface area contributed by atoms with Gasteiger partial charge in [0.05, 0.1) is 0 Å². The summed E-state index contributed by atoms with van der Waals surface area (Å²) in [6.07, 6.45) is -7.22. The Morgan fingerprint density at radius 1 is 0.205 bits per heavy atom. The Morgan fingerprint density at radius 3 is 0.449 bits per heavy atom. The largest absolute Gasteiger partial charge is 0.357 e. The van der Waals surface area contributed by atoms with Crippen molar-refractivity contribution in [2.45, 2.75) is 0 Å². The normalized spacial score (nSPS) is 12.3. The smallest absolute Gasteiger partial charge is 0.207 e. The van der Waals surface area contributed by atoms with Crippen LogP contribution in [-0.2, 0) is 0 Å². The molecule has 416 valence electrons. The third kappa shape index (κ3) is 14.0. The molecule has 0 N–H and O–H groups in total. The summed E-state index contributed by atoms with van der Waals surface area (Å²) in [4.78, 5) is 0. The van der Waals surface area contributed by atoms with Gasteiger partial charge in [0.2, 0.25) is 0 Å². The molecule has 0 nitrogen and oxygen atoms in total. The Labute approximate surface area is 441 Å². The van der Waals surface area contributed by atoms with E-state index in [1.165, 1.54) is 14.3 Å². The molecule has 0 unspecified atom stereocenters. The SMILES string of the molecule is F[P-](F)(F)(F)(F)F.Fc1c(F)c(F)c([B-](c2c(F)c(F)c(F)c(F)c2F)(c2c(F)c(F)c(F)c(F)c2F)c2c(F)c(F)c(F)c(F)c2F)c(F)c1F.c1ccc([I+]c2ccccc2)cc1.c1ccc([I+]c2ccccc2)cc1. The monoisotopic (exact) mass is 1390 g/mol. The molecule has 0 saturated heterocycles. The minimum absolute atomic E-state index is 0.0287. The first-order valence-electron chi connectivity index (χ1n) is 20.3. The third-order valence-corrected chi connectivity index (χ3v) is 15.4. The molecule has 0 aliphatic rings. The fourth-order valence-corrected chi connectivity index (χ4v) is 11.6. The van der Waals surface area contributed by atoms with E-state index in [2.05, 4.69) is 121 Å². The van der Waals surface area contributed by atoms with Gasteiger partial charge in [0, 0.05) is 0 Å². The molecule has 0 spiro atoms. The topological polar surface area (TPSA) is 0 Å². The van der Waals surface area contributed by atoms with Gasteiger partial charge >= 0.3 is 75.4 Å². The van der Waals surface area contributed by atoms with Gasteiger partial charge in [-0.3, -0.25) is 0 Å². The zero-order chi connectivity index (χ0) is 58.6. The molecule has 0 saturated carbocycles. The minimum atomic E-state index is -10.7. The van der Waals surface area contributed by atoms with E-state index in [0.717, 1.165) is 0 Å². The van der Waals surface area contributed by atoms with E-state index in [4.69, 9.17) is 0 Å². The maximum Gasteiger partial charge on any atom is 0.357 e. The van der Waals surface area contributed by atoms with Crippen molar-refractivity contribution >= 4 is 35.8 Å². The summed E-state index contributed by atoms with van der Waals surface area (Å²) in [5.41, 5.74) is -14.3. The van der Waals surface area contributed by atoms with Gasteiger partial charge < -0.3 is 0 Å². The Kier molecular flexibility index (Phi) is 19.1. The summed E-state index contributed by atoms with van der Waals surface area (Å²) < 4.78 is 359. The van der Waals surface area contributed by atoms with E-state index < -0.39 is 152 Å². The molecule has 30 heteroatoms. The number of rotatable bonds is 8. The summed E-state index contributed by atoms with van der Waals surface area (Å²) in [6.45, 7) is 0. The zero-order valence-electron chi connectivity index (χ0n) is 37.2. The Balaban J connectivity index is 0.000000269. The van der Waals surface area contributed by atoms with Crippen LogP contribution in [0.15, 0.2) is 121 Å². The number of halogens is 28. The summed E-state index contributed by atoms with van der Waals surface area (Å²) in [5, 5.41) is 0. The van der Waals surface area contributed by atoms with Crippen molar-refractivity contribution in [3.05, 3.63) is 252 Å². The van der Waals surface area contributed by atoms with Crippen molar-refractivity contribution in [2.75, 3.05) is 0 Å². The van der Waals surface area contributed by atoms with E-state index in [1.54, 1.807) is 0 Å². The summed E-state index contributed by atoms with van der Waals surface area (Å²) in [5.74, 6) is -71.4. The van der Waals surface area contributed by atoms with Gasteiger partial charge in [0.1, 0.15) is 52.7 Å². The Hall–Kier alpha value is -6.11. The second kappa shape index (κ2) is 23.7. The fraction of sp³-hybridized carbons (Fsp3) is 0. The van der Waals surface area contributed by atoms with Crippen LogP contribution in [0, 0.1) is 131 Å². The second-order valence-corrected chi connectivity index (χ2v) is 23.1. The molecule has 0 fully saturated rings. The van der Waals surface area contributed by atoms with Gasteiger partial charge in [-0.25, -0.2) is 87.8 Å². The van der Waals surface area contributed by atoms with Gasteiger partial charge in [-0.1, -0.05) is 72.8 Å². The van der Waals surface area contributed by atoms with Crippen molar-refractivity contribution in [3.63, 3.8) is 0 Å². The van der Waals surface area contributed by atoms with E-state index in [1.807, 2.05) is 0 Å². The maximum atomic E-state index is 15.4. The van der Waals surface area contributed by atoms with Crippen LogP contribution in [0.25, 0.3) is 0 Å². The van der Waals surface area contributed by atoms with Crippen molar-refractivity contribution in [2.24, 2.45) is 0 Å². The van der Waals surface area contributed by atoms with E-state index in [9.17, 15) is 77.9 Å². The van der Waals surface area contributed by atoms with Crippen molar-refractivity contribution in [3.8, 4) is 0 Å². The van der Waals surface area contributed by atoms with E-state index in [0.29, 0.717) is 0 Å². The van der Waals surface area contributed by atoms with Crippen LogP contribution in [0.1, 0.15) is 0 Å². The maximum absolute atomic E-state index is 15.4. The number of hydrogen-bond acceptors (Lipinski definition) is 0. The van der Waals surface area contributed by atoms with Crippen LogP contribution in [-0.4, -0.2) is 6.15 Å². The predicted octanol–water partition coefficient (Wildman–Crippen LogP) is 8.86. The summed E-state index contributed by atoms with van der Waals surface area (Å²) in [6, 6.07) is 42.8. The molecule has 8 aromatic rings. The molecule has 78 heavy (non-hydrogen) atoms. The molecule has 0 aliphatic carbocycles. The summed E-state index contributed by atoms with van der Waals surface area (Å²) >= 11 is 0.0574.